The van der Waals surface area contributed by atoms with Crippen LogP contribution >= 0.6 is 0 Å². The molecule has 1 aromatic carbocycles. The average Bonchev–Trinajstić information content (AvgIpc) is 3.35. The highest BCUT2D eigenvalue weighted by Gasteiger charge is 2.23. The normalized spacial score (nSPS) is 18.1. The van der Waals surface area contributed by atoms with Crippen molar-refractivity contribution in [2.45, 2.75) is 44.6 Å². The lowest BCUT2D eigenvalue weighted by Crippen LogP contribution is -2.24. The number of hydrogen-bond donors (Lipinski definition) is 1. The highest BCUT2D eigenvalue weighted by Crippen LogP contribution is 2.31. The van der Waals surface area contributed by atoms with Gasteiger partial charge in [0, 0.05) is 30.3 Å². The zero-order valence-electron chi connectivity index (χ0n) is 14.1. The largest absolute Gasteiger partial charge is 0.312 e. The lowest BCUT2D eigenvalue weighted by atomic mass is 10.1. The Kier molecular flexibility index (Phi) is 4.26. The van der Waals surface area contributed by atoms with Gasteiger partial charge in [-0.15, -0.1) is 0 Å². The number of aromatic nitrogens is 2. The minimum Gasteiger partial charge on any atom is -0.312 e. The summed E-state index contributed by atoms with van der Waals surface area (Å²) in [6, 6.07) is 9.47. The van der Waals surface area contributed by atoms with Gasteiger partial charge < -0.3 is 10.2 Å². The van der Waals surface area contributed by atoms with E-state index in [2.05, 4.69) is 10.4 Å². The monoisotopic (exact) mass is 338 g/mol. The first-order valence-corrected chi connectivity index (χ1v) is 8.98. The number of anilines is 2. The van der Waals surface area contributed by atoms with Gasteiger partial charge in [-0.05, 0) is 37.5 Å². The fourth-order valence-corrected chi connectivity index (χ4v) is 3.78. The molecule has 0 bridgehead atoms. The number of carbonyl (C=O) groups is 2. The molecule has 4 rings (SSSR count). The van der Waals surface area contributed by atoms with Crippen molar-refractivity contribution in [3.63, 3.8) is 0 Å². The van der Waals surface area contributed by atoms with E-state index in [0.717, 1.165) is 37.3 Å². The summed E-state index contributed by atoms with van der Waals surface area (Å²) in [5.41, 5.74) is 1.34. The molecule has 130 valence electrons. The predicted octanol–water partition coefficient (Wildman–Crippen LogP) is 3.38. The number of carbonyl (C=O) groups excluding carboxylic acids is 2. The van der Waals surface area contributed by atoms with Crippen LogP contribution in [0.3, 0.4) is 0 Å². The Bertz CT molecular complexity index is 792. The van der Waals surface area contributed by atoms with Crippen LogP contribution in [0.5, 0.6) is 0 Å². The van der Waals surface area contributed by atoms with Gasteiger partial charge in [-0.3, -0.25) is 9.59 Å². The molecule has 6 nitrogen and oxygen atoms in total. The summed E-state index contributed by atoms with van der Waals surface area (Å²) in [5, 5.41) is 7.36. The summed E-state index contributed by atoms with van der Waals surface area (Å²) in [5.74, 6) is 0.685. The molecule has 1 saturated carbocycles. The van der Waals surface area contributed by atoms with Crippen molar-refractivity contribution in [3.05, 3.63) is 42.1 Å². The Morgan fingerprint density at radius 3 is 2.76 bits per heavy atom. The van der Waals surface area contributed by atoms with Crippen molar-refractivity contribution >= 4 is 23.3 Å². The van der Waals surface area contributed by atoms with Crippen LogP contribution < -0.4 is 10.2 Å². The summed E-state index contributed by atoms with van der Waals surface area (Å²) < 4.78 is 1.93. The topological polar surface area (TPSA) is 67.2 Å². The fourth-order valence-electron chi connectivity index (χ4n) is 3.78. The maximum absolute atomic E-state index is 12.7. The molecule has 0 spiro atoms. The van der Waals surface area contributed by atoms with E-state index in [9.17, 15) is 9.59 Å². The van der Waals surface area contributed by atoms with Gasteiger partial charge in [0.15, 0.2) is 0 Å². The van der Waals surface area contributed by atoms with Gasteiger partial charge >= 0.3 is 0 Å². The van der Waals surface area contributed by atoms with Crippen LogP contribution in [-0.4, -0.2) is 28.1 Å². The molecule has 1 N–H and O–H groups in total. The molecule has 1 aliphatic heterocycles. The molecule has 1 aliphatic carbocycles. The maximum atomic E-state index is 12.7. The lowest BCUT2D eigenvalue weighted by Gasteiger charge is -2.17. The molecular weight excluding hydrogens is 316 g/mol. The molecular formula is C19H22N4O2. The predicted molar refractivity (Wildman–Crippen MR) is 95.7 cm³/mol. The SMILES string of the molecule is O=C(Nc1ccnn1C1CCCC1)c1cccc(N2CCCC2=O)c1. The number of nitrogens with one attached hydrogen (secondary N) is 1. The Labute approximate surface area is 146 Å². The Morgan fingerprint density at radius 2 is 2.00 bits per heavy atom. The van der Waals surface area contributed by atoms with Gasteiger partial charge in [0.25, 0.3) is 5.91 Å². The van der Waals surface area contributed by atoms with Crippen LogP contribution in [0.2, 0.25) is 0 Å². The number of nitrogens with zero attached hydrogens (tertiary/aromatic N) is 3. The lowest BCUT2D eigenvalue weighted by molar-refractivity contribution is -0.117. The van der Waals surface area contributed by atoms with Crippen molar-refractivity contribution in [3.8, 4) is 0 Å². The van der Waals surface area contributed by atoms with Crippen molar-refractivity contribution in [2.75, 3.05) is 16.8 Å². The molecule has 0 atom stereocenters. The Morgan fingerprint density at radius 1 is 1.16 bits per heavy atom. The van der Waals surface area contributed by atoms with E-state index in [0.29, 0.717) is 18.0 Å². The number of hydrogen-bond acceptors (Lipinski definition) is 3. The summed E-state index contributed by atoms with van der Waals surface area (Å²) >= 11 is 0. The standard InChI is InChI=1S/C19H22N4O2/c24-18-9-4-12-22(18)16-8-3-5-14(13-16)19(25)21-17-10-11-20-23(17)15-6-1-2-7-15/h3,5,8,10-11,13,15H,1-2,4,6-7,9,12H2,(H,21,25). The molecule has 2 heterocycles. The maximum Gasteiger partial charge on any atom is 0.256 e. The molecule has 1 saturated heterocycles. The van der Waals surface area contributed by atoms with Gasteiger partial charge in [0.05, 0.1) is 12.2 Å². The van der Waals surface area contributed by atoms with Crippen LogP contribution in [0.1, 0.15) is 54.9 Å². The minimum atomic E-state index is -0.173. The van der Waals surface area contributed by atoms with Crippen LogP contribution in [-0.2, 0) is 4.79 Å². The van der Waals surface area contributed by atoms with E-state index in [1.165, 1.54) is 12.8 Å². The number of amides is 2. The first-order chi connectivity index (χ1) is 12.2. The molecule has 25 heavy (non-hydrogen) atoms. The number of rotatable bonds is 4. The summed E-state index contributed by atoms with van der Waals surface area (Å²) in [7, 11) is 0. The quantitative estimate of drug-likeness (QED) is 0.929. The van der Waals surface area contributed by atoms with Gasteiger partial charge in [0.2, 0.25) is 5.91 Å². The zero-order valence-corrected chi connectivity index (χ0v) is 14.1. The van der Waals surface area contributed by atoms with E-state index >= 15 is 0 Å². The third-order valence-electron chi connectivity index (χ3n) is 5.08. The van der Waals surface area contributed by atoms with E-state index in [4.69, 9.17) is 0 Å². The minimum absolute atomic E-state index is 0.122. The van der Waals surface area contributed by atoms with Crippen LogP contribution in [0.4, 0.5) is 11.5 Å². The van der Waals surface area contributed by atoms with Crippen molar-refractivity contribution in [1.82, 2.24) is 9.78 Å². The summed E-state index contributed by atoms with van der Waals surface area (Å²) in [4.78, 5) is 26.3. The average molecular weight is 338 g/mol. The molecule has 2 aromatic rings. The second-order valence-electron chi connectivity index (χ2n) is 6.75. The fraction of sp³-hybridized carbons (Fsp3) is 0.421. The molecule has 1 aromatic heterocycles. The zero-order chi connectivity index (χ0) is 17.2. The van der Waals surface area contributed by atoms with Crippen molar-refractivity contribution in [1.29, 1.82) is 0 Å². The second kappa shape index (κ2) is 6.70. The summed E-state index contributed by atoms with van der Waals surface area (Å²) in [6.07, 6.45) is 7.82. The first kappa shape index (κ1) is 15.9. The highest BCUT2D eigenvalue weighted by molar-refractivity contribution is 6.05. The number of benzene rings is 1. The molecule has 0 unspecified atom stereocenters. The molecule has 6 heteroatoms. The third kappa shape index (κ3) is 3.16. The van der Waals surface area contributed by atoms with E-state index < -0.39 is 0 Å². The molecule has 0 radical (unpaired) electrons. The highest BCUT2D eigenvalue weighted by atomic mass is 16.2. The van der Waals surface area contributed by atoms with Crippen LogP contribution in [0.15, 0.2) is 36.5 Å². The van der Waals surface area contributed by atoms with Crippen molar-refractivity contribution < 1.29 is 9.59 Å². The van der Waals surface area contributed by atoms with Crippen LogP contribution in [0.25, 0.3) is 0 Å². The van der Waals surface area contributed by atoms with Gasteiger partial charge in [0.1, 0.15) is 5.82 Å². The smallest absolute Gasteiger partial charge is 0.256 e. The molecule has 2 amide bonds. The van der Waals surface area contributed by atoms with Gasteiger partial charge in [-0.2, -0.15) is 5.10 Å². The molecule has 2 aliphatic rings. The van der Waals surface area contributed by atoms with E-state index in [-0.39, 0.29) is 11.8 Å². The first-order valence-electron chi connectivity index (χ1n) is 8.98. The Balaban J connectivity index is 1.52. The molecule has 2 fully saturated rings. The van der Waals surface area contributed by atoms with Gasteiger partial charge in [-0.1, -0.05) is 18.9 Å². The Hall–Kier alpha value is -2.63. The van der Waals surface area contributed by atoms with E-state index in [1.807, 2.05) is 22.9 Å². The third-order valence-corrected chi connectivity index (χ3v) is 5.08. The summed E-state index contributed by atoms with van der Waals surface area (Å²) in [6.45, 7) is 0.721. The van der Waals surface area contributed by atoms with E-state index in [1.54, 1.807) is 23.2 Å². The van der Waals surface area contributed by atoms with Gasteiger partial charge in [-0.25, -0.2) is 4.68 Å². The van der Waals surface area contributed by atoms with Crippen LogP contribution in [0, 0.1) is 0 Å². The van der Waals surface area contributed by atoms with Crippen molar-refractivity contribution in [2.24, 2.45) is 0 Å². The second-order valence-corrected chi connectivity index (χ2v) is 6.75.